The molecule has 1 aliphatic rings. The molecule has 0 bridgehead atoms. The zero-order chi connectivity index (χ0) is 35.3. The molecule has 0 fully saturated rings. The van der Waals surface area contributed by atoms with E-state index in [9.17, 15) is 10.1 Å². The lowest BCUT2D eigenvalue weighted by Gasteiger charge is -2.24. The number of aromatic nitrogens is 1. The second kappa shape index (κ2) is 12.1. The molecule has 242 valence electrons. The minimum absolute atomic E-state index is 0.257. The summed E-state index contributed by atoms with van der Waals surface area (Å²) in [5, 5.41) is 11.6. The van der Waals surface area contributed by atoms with E-state index in [1.807, 2.05) is 102 Å². The first kappa shape index (κ1) is 30.5. The fourth-order valence-electron chi connectivity index (χ4n) is 7.41. The molecular formula is C46H26N4O2. The third-order valence-corrected chi connectivity index (χ3v) is 9.75. The summed E-state index contributed by atoms with van der Waals surface area (Å²) in [6.07, 6.45) is 0. The number of anilines is 1. The van der Waals surface area contributed by atoms with Gasteiger partial charge >= 0.3 is 0 Å². The van der Waals surface area contributed by atoms with E-state index in [2.05, 4.69) is 35.2 Å². The zero-order valence-corrected chi connectivity index (χ0v) is 27.6. The Hall–Kier alpha value is -7.54. The number of benzene rings is 7. The number of carbonyl (C=O) groups excluding carboxylic acids is 2. The van der Waals surface area contributed by atoms with Crippen molar-refractivity contribution in [1.82, 2.24) is 4.57 Å². The first-order chi connectivity index (χ1) is 25.6. The van der Waals surface area contributed by atoms with E-state index in [4.69, 9.17) is 6.57 Å². The van der Waals surface area contributed by atoms with Gasteiger partial charge in [0, 0.05) is 27.4 Å². The molecule has 52 heavy (non-hydrogen) atoms. The standard InChI is InChI=1S/C46H26N4O2/c1-48-34-21-23-36-35-22-20-29(28-47)24-41(35)49(42(36)27-34)40-19-11-18-37-43(40)46(52)50(45(37)51)44-38(31-14-7-3-8-15-31)25-33(30-12-5-2-6-13-30)26-39(44)32-16-9-4-10-17-32/h2-27H. The summed E-state index contributed by atoms with van der Waals surface area (Å²) >= 11 is 0. The highest BCUT2D eigenvalue weighted by molar-refractivity contribution is 6.37. The van der Waals surface area contributed by atoms with Crippen LogP contribution in [0.5, 0.6) is 0 Å². The van der Waals surface area contributed by atoms with Crippen molar-refractivity contribution in [3.05, 3.63) is 186 Å². The van der Waals surface area contributed by atoms with Crippen LogP contribution in [0, 0.1) is 17.9 Å². The molecule has 0 saturated carbocycles. The van der Waals surface area contributed by atoms with Crippen LogP contribution in [-0.4, -0.2) is 16.4 Å². The number of fused-ring (bicyclic) bond motifs is 4. The van der Waals surface area contributed by atoms with Crippen molar-refractivity contribution < 1.29 is 9.59 Å². The van der Waals surface area contributed by atoms with Crippen molar-refractivity contribution >= 4 is 45.0 Å². The third kappa shape index (κ3) is 4.71. The lowest BCUT2D eigenvalue weighted by Crippen LogP contribution is -2.30. The van der Waals surface area contributed by atoms with Gasteiger partial charge in [0.2, 0.25) is 0 Å². The van der Waals surface area contributed by atoms with E-state index in [0.717, 1.165) is 44.2 Å². The first-order valence-electron chi connectivity index (χ1n) is 16.8. The lowest BCUT2D eigenvalue weighted by atomic mass is 9.90. The quantitative estimate of drug-likeness (QED) is 0.136. The molecule has 8 aromatic rings. The monoisotopic (exact) mass is 666 g/mol. The maximum Gasteiger partial charge on any atom is 0.268 e. The molecule has 9 rings (SSSR count). The van der Waals surface area contributed by atoms with Crippen molar-refractivity contribution in [3.63, 3.8) is 0 Å². The molecule has 0 unspecified atom stereocenters. The maximum absolute atomic E-state index is 15.2. The SMILES string of the molecule is [C-]#[N+]c1ccc2c3ccc(C#N)cc3n(-c3cccc4c3C(=O)N(c3c(-c5ccccc5)cc(-c5ccccc5)cc3-c3ccccc3)C4=O)c2c1. The number of carbonyl (C=O) groups is 2. The van der Waals surface area contributed by atoms with E-state index < -0.39 is 11.8 Å². The van der Waals surface area contributed by atoms with Crippen molar-refractivity contribution in [2.24, 2.45) is 0 Å². The van der Waals surface area contributed by atoms with Crippen LogP contribution in [0.2, 0.25) is 0 Å². The molecule has 0 saturated heterocycles. The Kier molecular flexibility index (Phi) is 7.10. The number of hydrogen-bond acceptors (Lipinski definition) is 3. The summed E-state index contributed by atoms with van der Waals surface area (Å²) in [5.41, 5.74) is 9.00. The molecular weight excluding hydrogens is 641 g/mol. The summed E-state index contributed by atoms with van der Waals surface area (Å²) in [6, 6.07) is 52.2. The Labute approximate surface area is 299 Å². The van der Waals surface area contributed by atoms with Gasteiger partial charge < -0.3 is 4.57 Å². The van der Waals surface area contributed by atoms with Gasteiger partial charge in [-0.25, -0.2) is 9.74 Å². The minimum Gasteiger partial charge on any atom is -0.310 e. The van der Waals surface area contributed by atoms with Crippen molar-refractivity contribution in [2.75, 3.05) is 4.90 Å². The predicted octanol–water partition coefficient (Wildman–Crippen LogP) is 11.0. The number of amides is 2. The smallest absolute Gasteiger partial charge is 0.268 e. The molecule has 0 atom stereocenters. The summed E-state index contributed by atoms with van der Waals surface area (Å²) in [4.78, 5) is 34.9. The number of rotatable bonds is 5. The molecule has 0 spiro atoms. The van der Waals surface area contributed by atoms with Crippen molar-refractivity contribution in [1.29, 1.82) is 5.26 Å². The molecule has 2 amide bonds. The van der Waals surface area contributed by atoms with E-state index in [1.165, 1.54) is 4.90 Å². The second-order valence-electron chi connectivity index (χ2n) is 12.7. The average molecular weight is 667 g/mol. The van der Waals surface area contributed by atoms with Gasteiger partial charge in [-0.1, -0.05) is 115 Å². The van der Waals surface area contributed by atoms with Crippen molar-refractivity contribution in [2.45, 2.75) is 0 Å². The fourth-order valence-corrected chi connectivity index (χ4v) is 7.41. The molecule has 0 N–H and O–H groups in total. The Morgan fingerprint density at radius 1 is 0.538 bits per heavy atom. The molecule has 1 aromatic heterocycles. The largest absolute Gasteiger partial charge is 0.310 e. The number of imide groups is 1. The summed E-state index contributed by atoms with van der Waals surface area (Å²) < 4.78 is 1.91. The highest BCUT2D eigenvalue weighted by Gasteiger charge is 2.41. The Balaban J connectivity index is 1.33. The second-order valence-corrected chi connectivity index (χ2v) is 12.7. The molecule has 0 radical (unpaired) electrons. The van der Waals surface area contributed by atoms with Gasteiger partial charge in [0.25, 0.3) is 11.8 Å². The van der Waals surface area contributed by atoms with Crippen LogP contribution in [0.15, 0.2) is 158 Å². The molecule has 2 heterocycles. The van der Waals surface area contributed by atoms with Gasteiger partial charge in [-0.3, -0.25) is 9.59 Å². The summed E-state index contributed by atoms with van der Waals surface area (Å²) in [7, 11) is 0. The Morgan fingerprint density at radius 3 is 1.71 bits per heavy atom. The van der Waals surface area contributed by atoms with E-state index in [-0.39, 0.29) is 11.1 Å². The number of nitriles is 1. The number of hydrogen-bond donors (Lipinski definition) is 0. The van der Waals surface area contributed by atoms with Gasteiger partial charge in [0.05, 0.1) is 46.2 Å². The van der Waals surface area contributed by atoms with E-state index in [1.54, 1.807) is 36.4 Å². The van der Waals surface area contributed by atoms with Crippen LogP contribution in [0.4, 0.5) is 11.4 Å². The zero-order valence-electron chi connectivity index (χ0n) is 27.6. The topological polar surface area (TPSA) is 70.5 Å². The van der Waals surface area contributed by atoms with E-state index in [0.29, 0.717) is 33.7 Å². The van der Waals surface area contributed by atoms with Gasteiger partial charge in [-0.15, -0.1) is 0 Å². The molecule has 1 aliphatic heterocycles. The lowest BCUT2D eigenvalue weighted by molar-refractivity contribution is 0.0926. The van der Waals surface area contributed by atoms with Gasteiger partial charge in [-0.2, -0.15) is 5.26 Å². The van der Waals surface area contributed by atoms with Crippen LogP contribution in [0.3, 0.4) is 0 Å². The highest BCUT2D eigenvalue weighted by Crippen LogP contribution is 2.47. The van der Waals surface area contributed by atoms with Crippen LogP contribution in [0.1, 0.15) is 26.3 Å². The van der Waals surface area contributed by atoms with Crippen LogP contribution < -0.4 is 4.90 Å². The first-order valence-corrected chi connectivity index (χ1v) is 16.8. The fraction of sp³-hybridized carbons (Fsp3) is 0. The molecule has 0 aliphatic carbocycles. The minimum atomic E-state index is -0.454. The molecule has 6 nitrogen and oxygen atoms in total. The Bertz CT molecular complexity index is 2710. The predicted molar refractivity (Wildman–Crippen MR) is 206 cm³/mol. The maximum atomic E-state index is 15.2. The van der Waals surface area contributed by atoms with Gasteiger partial charge in [-0.05, 0) is 64.7 Å². The van der Waals surface area contributed by atoms with E-state index >= 15 is 4.79 Å². The normalized spacial score (nSPS) is 12.2. The van der Waals surface area contributed by atoms with Gasteiger partial charge in [0.15, 0.2) is 5.69 Å². The highest BCUT2D eigenvalue weighted by atomic mass is 16.2. The van der Waals surface area contributed by atoms with Gasteiger partial charge in [0.1, 0.15) is 0 Å². The third-order valence-electron chi connectivity index (χ3n) is 9.75. The van der Waals surface area contributed by atoms with Crippen LogP contribution in [0.25, 0.3) is 65.7 Å². The molecule has 6 heteroatoms. The summed E-state index contributed by atoms with van der Waals surface area (Å²) in [5.74, 6) is -0.880. The van der Waals surface area contributed by atoms with Crippen LogP contribution >= 0.6 is 0 Å². The Morgan fingerprint density at radius 2 is 1.12 bits per heavy atom. The average Bonchev–Trinajstić information content (AvgIpc) is 3.67. The summed E-state index contributed by atoms with van der Waals surface area (Å²) in [6.45, 7) is 7.71. The van der Waals surface area contributed by atoms with Crippen molar-refractivity contribution in [3.8, 4) is 45.1 Å². The molecule has 7 aromatic carbocycles. The van der Waals surface area contributed by atoms with Crippen LogP contribution in [-0.2, 0) is 0 Å². The number of nitrogens with zero attached hydrogens (tertiary/aromatic N) is 4.